The Morgan fingerprint density at radius 1 is 1.27 bits per heavy atom. The van der Waals surface area contributed by atoms with E-state index >= 15 is 0 Å². The lowest BCUT2D eigenvalue weighted by atomic mass is 10.1. The number of likely N-dealkylation sites (tertiary alicyclic amines) is 1. The highest BCUT2D eigenvalue weighted by molar-refractivity contribution is 5.92. The molecule has 1 fully saturated rings. The van der Waals surface area contributed by atoms with E-state index in [-0.39, 0.29) is 11.9 Å². The van der Waals surface area contributed by atoms with Gasteiger partial charge in [0.1, 0.15) is 5.82 Å². The van der Waals surface area contributed by atoms with Crippen LogP contribution in [0.15, 0.2) is 54.6 Å². The van der Waals surface area contributed by atoms with Gasteiger partial charge >= 0.3 is 0 Å². The molecule has 0 bridgehead atoms. The Balaban J connectivity index is 1.54. The summed E-state index contributed by atoms with van der Waals surface area (Å²) in [4.78, 5) is 22.6. The fraction of sp³-hybridized carbons (Fsp3) is 0.190. The first-order valence-corrected chi connectivity index (χ1v) is 8.68. The van der Waals surface area contributed by atoms with E-state index < -0.39 is 0 Å². The Morgan fingerprint density at radius 2 is 2.15 bits per heavy atom. The molecule has 3 aromatic rings. The number of amides is 1. The van der Waals surface area contributed by atoms with Crippen molar-refractivity contribution < 1.29 is 4.79 Å². The van der Waals surface area contributed by atoms with Crippen molar-refractivity contribution in [1.29, 1.82) is 5.26 Å². The minimum absolute atomic E-state index is 0.0232. The number of hydrogen-bond donors (Lipinski definition) is 1. The summed E-state index contributed by atoms with van der Waals surface area (Å²) in [5, 5.41) is 8.97. The van der Waals surface area contributed by atoms with Crippen molar-refractivity contribution in [3.05, 3.63) is 71.6 Å². The number of carbonyl (C=O) groups excluding carboxylic acids is 1. The second-order valence-electron chi connectivity index (χ2n) is 6.40. The van der Waals surface area contributed by atoms with E-state index in [0.29, 0.717) is 5.56 Å². The molecule has 0 spiro atoms. The highest BCUT2D eigenvalue weighted by atomic mass is 16.2. The zero-order chi connectivity index (χ0) is 17.9. The molecule has 26 heavy (non-hydrogen) atoms. The summed E-state index contributed by atoms with van der Waals surface area (Å²) in [6.45, 7) is 0.725. The monoisotopic (exact) mass is 342 g/mol. The van der Waals surface area contributed by atoms with E-state index in [1.54, 1.807) is 24.3 Å². The molecular formula is C21H18N4O. The van der Waals surface area contributed by atoms with Crippen molar-refractivity contribution in [3.8, 4) is 6.07 Å². The maximum absolute atomic E-state index is 12.7. The summed E-state index contributed by atoms with van der Waals surface area (Å²) < 4.78 is 0. The summed E-state index contributed by atoms with van der Waals surface area (Å²) in [5.41, 5.74) is 3.34. The van der Waals surface area contributed by atoms with Gasteiger partial charge in [-0.15, -0.1) is 0 Å². The number of hydrogen-bond acceptors (Lipinski definition) is 3. The van der Waals surface area contributed by atoms with Crippen molar-refractivity contribution >= 4 is 23.0 Å². The third-order valence-electron chi connectivity index (χ3n) is 4.69. The molecule has 0 aliphatic carbocycles. The molecule has 1 aliphatic heterocycles. The zero-order valence-electron chi connectivity index (χ0n) is 14.2. The van der Waals surface area contributed by atoms with Crippen LogP contribution in [0.25, 0.3) is 17.1 Å². The minimum atomic E-state index is -0.0321. The number of rotatable bonds is 3. The number of aromatic nitrogens is 2. The largest absolute Gasteiger partial charge is 0.340 e. The lowest BCUT2D eigenvalue weighted by molar-refractivity contribution is -0.126. The van der Waals surface area contributed by atoms with Gasteiger partial charge in [0.2, 0.25) is 5.91 Å². The van der Waals surface area contributed by atoms with E-state index in [9.17, 15) is 4.79 Å². The molecule has 1 aromatic heterocycles. The van der Waals surface area contributed by atoms with Gasteiger partial charge in [0.15, 0.2) is 0 Å². The standard InChI is InChI=1S/C21H18N4O/c22-14-16-6-3-5-15(13-16)10-11-20(26)25-12-4-9-19(25)21-23-17-7-1-2-8-18(17)24-21/h1-3,5-8,10-11,13,19H,4,9,12H2,(H,23,24)/b11-10+. The summed E-state index contributed by atoms with van der Waals surface area (Å²) in [5.74, 6) is 0.812. The Labute approximate surface area is 151 Å². The first kappa shape index (κ1) is 16.1. The maximum atomic E-state index is 12.7. The minimum Gasteiger partial charge on any atom is -0.340 e. The topological polar surface area (TPSA) is 72.8 Å². The predicted molar refractivity (Wildman–Crippen MR) is 100.0 cm³/mol. The van der Waals surface area contributed by atoms with Gasteiger partial charge in [0.25, 0.3) is 0 Å². The number of para-hydroxylation sites is 2. The maximum Gasteiger partial charge on any atom is 0.247 e. The number of fused-ring (bicyclic) bond motifs is 1. The predicted octanol–water partition coefficient (Wildman–Crippen LogP) is 3.81. The van der Waals surface area contributed by atoms with Crippen LogP contribution in [0.2, 0.25) is 0 Å². The number of benzene rings is 2. The number of carbonyl (C=O) groups is 1. The number of nitrogens with zero attached hydrogens (tertiary/aromatic N) is 3. The van der Waals surface area contributed by atoms with Gasteiger partial charge in [0, 0.05) is 12.6 Å². The molecule has 4 rings (SSSR count). The normalized spacial score (nSPS) is 17.0. The van der Waals surface area contributed by atoms with Crippen LogP contribution in [0.5, 0.6) is 0 Å². The Morgan fingerprint density at radius 3 is 3.00 bits per heavy atom. The molecule has 128 valence electrons. The van der Waals surface area contributed by atoms with Crippen LogP contribution >= 0.6 is 0 Å². The summed E-state index contributed by atoms with van der Waals surface area (Å²) >= 11 is 0. The number of H-pyrrole nitrogens is 1. The van der Waals surface area contributed by atoms with Crippen LogP contribution < -0.4 is 0 Å². The number of nitrogens with one attached hydrogen (secondary N) is 1. The average molecular weight is 342 g/mol. The zero-order valence-corrected chi connectivity index (χ0v) is 14.2. The number of nitriles is 1. The number of aromatic amines is 1. The molecule has 5 heteroatoms. The molecule has 5 nitrogen and oxygen atoms in total. The fourth-order valence-electron chi connectivity index (χ4n) is 3.42. The molecular weight excluding hydrogens is 324 g/mol. The fourth-order valence-corrected chi connectivity index (χ4v) is 3.42. The van der Waals surface area contributed by atoms with Gasteiger partial charge in [-0.25, -0.2) is 4.98 Å². The van der Waals surface area contributed by atoms with Crippen molar-refractivity contribution in [3.63, 3.8) is 0 Å². The first-order chi connectivity index (χ1) is 12.7. The van der Waals surface area contributed by atoms with E-state index in [4.69, 9.17) is 5.26 Å². The lowest BCUT2D eigenvalue weighted by Crippen LogP contribution is -2.29. The quantitative estimate of drug-likeness (QED) is 0.736. The van der Waals surface area contributed by atoms with Crippen LogP contribution in [-0.2, 0) is 4.79 Å². The van der Waals surface area contributed by atoms with Gasteiger partial charge in [-0.2, -0.15) is 5.26 Å². The molecule has 2 heterocycles. The van der Waals surface area contributed by atoms with Crippen LogP contribution in [0.3, 0.4) is 0 Å². The van der Waals surface area contributed by atoms with Gasteiger partial charge in [-0.1, -0.05) is 24.3 Å². The molecule has 1 amide bonds. The van der Waals surface area contributed by atoms with E-state index in [0.717, 1.165) is 41.8 Å². The molecule has 1 aliphatic rings. The molecule has 1 N–H and O–H groups in total. The Hall–Kier alpha value is -3.39. The second kappa shape index (κ2) is 6.85. The average Bonchev–Trinajstić information content (AvgIpc) is 3.32. The van der Waals surface area contributed by atoms with Gasteiger partial charge in [0.05, 0.1) is 28.7 Å². The Bertz CT molecular complexity index is 995. The van der Waals surface area contributed by atoms with Gasteiger partial charge in [-0.05, 0) is 48.7 Å². The van der Waals surface area contributed by atoms with Crippen molar-refractivity contribution in [1.82, 2.24) is 14.9 Å². The summed E-state index contributed by atoms with van der Waals surface area (Å²) in [6.07, 6.45) is 5.21. The highest BCUT2D eigenvalue weighted by Gasteiger charge is 2.30. The third-order valence-corrected chi connectivity index (χ3v) is 4.69. The van der Waals surface area contributed by atoms with Crippen molar-refractivity contribution in [2.45, 2.75) is 18.9 Å². The van der Waals surface area contributed by atoms with E-state index in [1.165, 1.54) is 0 Å². The van der Waals surface area contributed by atoms with E-state index in [2.05, 4.69) is 16.0 Å². The molecule has 1 unspecified atom stereocenters. The number of imidazole rings is 1. The van der Waals surface area contributed by atoms with Gasteiger partial charge < -0.3 is 9.88 Å². The highest BCUT2D eigenvalue weighted by Crippen LogP contribution is 2.31. The second-order valence-corrected chi connectivity index (χ2v) is 6.40. The molecule has 0 saturated carbocycles. The van der Waals surface area contributed by atoms with Crippen molar-refractivity contribution in [2.75, 3.05) is 6.54 Å². The molecule has 2 aromatic carbocycles. The SMILES string of the molecule is N#Cc1cccc(/C=C/C(=O)N2CCCC2c2nc3ccccc3[nH]2)c1. The van der Waals surface area contributed by atoms with Crippen LogP contribution in [0, 0.1) is 11.3 Å². The summed E-state index contributed by atoms with van der Waals surface area (Å²) in [6, 6.07) is 17.2. The van der Waals surface area contributed by atoms with E-state index in [1.807, 2.05) is 41.3 Å². The first-order valence-electron chi connectivity index (χ1n) is 8.68. The lowest BCUT2D eigenvalue weighted by Gasteiger charge is -2.21. The molecule has 0 radical (unpaired) electrons. The summed E-state index contributed by atoms with van der Waals surface area (Å²) in [7, 11) is 0. The smallest absolute Gasteiger partial charge is 0.247 e. The van der Waals surface area contributed by atoms with Crippen LogP contribution in [-0.4, -0.2) is 27.3 Å². The van der Waals surface area contributed by atoms with Crippen LogP contribution in [0.4, 0.5) is 0 Å². The third kappa shape index (κ3) is 3.09. The Kier molecular flexibility index (Phi) is 4.24. The van der Waals surface area contributed by atoms with Gasteiger partial charge in [-0.3, -0.25) is 4.79 Å². The molecule has 1 saturated heterocycles. The molecule has 1 atom stereocenters. The van der Waals surface area contributed by atoms with Crippen molar-refractivity contribution in [2.24, 2.45) is 0 Å². The van der Waals surface area contributed by atoms with Crippen LogP contribution in [0.1, 0.15) is 35.8 Å².